The molecule has 2 aromatic heterocycles. The van der Waals surface area contributed by atoms with E-state index in [1.54, 1.807) is 0 Å². The van der Waals surface area contributed by atoms with Crippen LogP contribution >= 0.6 is 0 Å². The highest BCUT2D eigenvalue weighted by Crippen LogP contribution is 2.45. The first-order chi connectivity index (χ1) is 15.2. The topological polar surface area (TPSA) is 189 Å². The van der Waals surface area contributed by atoms with E-state index in [4.69, 9.17) is 23.0 Å². The molecule has 1 aliphatic heterocycles. The predicted molar refractivity (Wildman–Crippen MR) is 105 cm³/mol. The summed E-state index contributed by atoms with van der Waals surface area (Å²) in [4.78, 5) is 25.3. The number of rotatable bonds is 3. The molecule has 0 spiro atoms. The van der Waals surface area contributed by atoms with Crippen molar-refractivity contribution in [3.05, 3.63) is 33.0 Å². The summed E-state index contributed by atoms with van der Waals surface area (Å²) in [5.41, 5.74) is -2.50. The summed E-state index contributed by atoms with van der Waals surface area (Å²) in [7, 11) is 1.23. The first kappa shape index (κ1) is 20.3. The Morgan fingerprint density at radius 3 is 2.25 bits per heavy atom. The molecular weight excluding hydrogens is 432 g/mol. The van der Waals surface area contributed by atoms with Crippen molar-refractivity contribution >= 4 is 32.7 Å². The molecule has 4 atom stereocenters. The van der Waals surface area contributed by atoms with E-state index in [9.17, 15) is 35.1 Å². The number of ether oxygens (including phenoxy) is 3. The van der Waals surface area contributed by atoms with Crippen molar-refractivity contribution in [2.24, 2.45) is 0 Å². The van der Waals surface area contributed by atoms with Crippen LogP contribution in [0.4, 0.5) is 0 Å². The van der Waals surface area contributed by atoms with Gasteiger partial charge in [0.1, 0.15) is 18.3 Å². The zero-order valence-electron chi connectivity index (χ0n) is 16.3. The minimum atomic E-state index is -1.68. The molecule has 32 heavy (non-hydrogen) atoms. The molecule has 0 radical (unpaired) electrons. The van der Waals surface area contributed by atoms with Crippen LogP contribution in [0.3, 0.4) is 0 Å². The fourth-order valence-electron chi connectivity index (χ4n) is 3.86. The number of phenolic OH excluding ortho intramolecular Hbond substituents is 2. The summed E-state index contributed by atoms with van der Waals surface area (Å²) < 4.78 is 26.2. The van der Waals surface area contributed by atoms with Gasteiger partial charge in [0.05, 0.1) is 24.5 Å². The Bertz CT molecular complexity index is 1470. The summed E-state index contributed by atoms with van der Waals surface area (Å²) in [6.07, 6.45) is -6.12. The number of hydrogen-bond acceptors (Lipinski definition) is 12. The van der Waals surface area contributed by atoms with Gasteiger partial charge in [-0.3, -0.25) is 0 Å². The molecule has 2 aromatic carbocycles. The van der Waals surface area contributed by atoms with E-state index in [0.29, 0.717) is 0 Å². The van der Waals surface area contributed by atoms with Gasteiger partial charge in [-0.15, -0.1) is 0 Å². The number of aromatic hydroxyl groups is 2. The lowest BCUT2D eigenvalue weighted by Gasteiger charge is -2.35. The van der Waals surface area contributed by atoms with Gasteiger partial charge in [0.25, 0.3) is 0 Å². The summed E-state index contributed by atoms with van der Waals surface area (Å²) in [6, 6.07) is 2.18. The third-order valence-corrected chi connectivity index (χ3v) is 5.42. The smallest absolute Gasteiger partial charge is 0.344 e. The number of hydrogen-bond donors (Lipinski definition) is 5. The molecule has 1 aliphatic rings. The second-order valence-electron chi connectivity index (χ2n) is 7.30. The predicted octanol–water partition coefficient (Wildman–Crippen LogP) is -0.272. The molecule has 5 N–H and O–H groups in total. The van der Waals surface area contributed by atoms with Gasteiger partial charge in [-0.05, 0) is 12.1 Å². The molecule has 0 unspecified atom stereocenters. The SMILES string of the molecule is COc1c(O)cc2c(=O)oc3c(O)c(O[C@H]4OC[C@H](O)[C@@H](O)[C@H]4O)cc4c(=O)oc1c2c34. The van der Waals surface area contributed by atoms with Crippen molar-refractivity contribution in [2.75, 3.05) is 13.7 Å². The van der Waals surface area contributed by atoms with Crippen LogP contribution in [0.1, 0.15) is 0 Å². The van der Waals surface area contributed by atoms with Crippen molar-refractivity contribution in [3.8, 4) is 23.0 Å². The van der Waals surface area contributed by atoms with E-state index < -0.39 is 58.7 Å². The minimum Gasteiger partial charge on any atom is -0.504 e. The van der Waals surface area contributed by atoms with Gasteiger partial charge in [0, 0.05) is 10.8 Å². The first-order valence-electron chi connectivity index (χ1n) is 9.34. The van der Waals surface area contributed by atoms with E-state index in [1.165, 1.54) is 7.11 Å². The molecule has 1 saturated heterocycles. The fraction of sp³-hybridized carbons (Fsp3) is 0.300. The summed E-state index contributed by atoms with van der Waals surface area (Å²) in [5, 5.41) is 50.2. The lowest BCUT2D eigenvalue weighted by atomic mass is 10.0. The van der Waals surface area contributed by atoms with Crippen LogP contribution < -0.4 is 20.7 Å². The highest BCUT2D eigenvalue weighted by atomic mass is 16.7. The maximum Gasteiger partial charge on any atom is 0.344 e. The molecule has 0 aliphatic carbocycles. The molecule has 0 amide bonds. The maximum atomic E-state index is 12.7. The van der Waals surface area contributed by atoms with Gasteiger partial charge < -0.3 is 48.6 Å². The summed E-state index contributed by atoms with van der Waals surface area (Å²) in [6.45, 7) is -0.363. The lowest BCUT2D eigenvalue weighted by molar-refractivity contribution is -0.242. The first-order valence-corrected chi connectivity index (χ1v) is 9.34. The molecule has 168 valence electrons. The fourth-order valence-corrected chi connectivity index (χ4v) is 3.86. The zero-order valence-corrected chi connectivity index (χ0v) is 16.3. The second kappa shape index (κ2) is 6.97. The molecule has 3 heterocycles. The van der Waals surface area contributed by atoms with Crippen LogP contribution in [-0.2, 0) is 4.74 Å². The van der Waals surface area contributed by atoms with Gasteiger partial charge in [0.15, 0.2) is 22.7 Å². The van der Waals surface area contributed by atoms with Crippen molar-refractivity contribution in [1.29, 1.82) is 0 Å². The van der Waals surface area contributed by atoms with Crippen LogP contribution in [0.15, 0.2) is 30.6 Å². The van der Waals surface area contributed by atoms with Crippen molar-refractivity contribution in [1.82, 2.24) is 0 Å². The van der Waals surface area contributed by atoms with Crippen LogP contribution in [0.2, 0.25) is 0 Å². The number of phenols is 2. The standard InChI is InChI=1S/C20H16O12/c1-28-15-7(21)2-5-11-10-6(19(27)32-17(11)15)3-9(13(24)16(10)31-18(5)26)30-20-14(25)12(23)8(22)4-29-20/h2-3,8,12,14,20-25H,4H2,1H3/t8-,12+,14+,20+/m0/s1. The zero-order chi connectivity index (χ0) is 22.9. The van der Waals surface area contributed by atoms with Crippen LogP contribution in [-0.4, -0.2) is 63.9 Å². The third-order valence-electron chi connectivity index (χ3n) is 5.42. The van der Waals surface area contributed by atoms with Gasteiger partial charge in [0.2, 0.25) is 17.8 Å². The Morgan fingerprint density at radius 2 is 1.56 bits per heavy atom. The van der Waals surface area contributed by atoms with Crippen molar-refractivity contribution < 1.29 is 48.6 Å². The quantitative estimate of drug-likeness (QED) is 0.204. The number of benzene rings is 2. The number of methoxy groups -OCH3 is 1. The monoisotopic (exact) mass is 448 g/mol. The molecular formula is C20H16O12. The van der Waals surface area contributed by atoms with Crippen molar-refractivity contribution in [2.45, 2.75) is 24.6 Å². The molecule has 0 saturated carbocycles. The van der Waals surface area contributed by atoms with Crippen LogP contribution in [0.5, 0.6) is 23.0 Å². The number of aliphatic hydroxyl groups is 3. The van der Waals surface area contributed by atoms with E-state index in [2.05, 4.69) is 0 Å². The Hall–Kier alpha value is -3.58. The van der Waals surface area contributed by atoms with Crippen LogP contribution in [0.25, 0.3) is 32.7 Å². The molecule has 0 bridgehead atoms. The largest absolute Gasteiger partial charge is 0.504 e. The molecule has 4 aromatic rings. The van der Waals surface area contributed by atoms with Gasteiger partial charge >= 0.3 is 11.3 Å². The highest BCUT2D eigenvalue weighted by molar-refractivity contribution is 6.22. The van der Waals surface area contributed by atoms with Gasteiger partial charge in [-0.1, -0.05) is 0 Å². The molecule has 1 fully saturated rings. The molecule has 12 heteroatoms. The molecule has 5 rings (SSSR count). The summed E-state index contributed by atoms with van der Waals surface area (Å²) >= 11 is 0. The normalized spacial score (nSPS) is 23.9. The maximum absolute atomic E-state index is 12.7. The molecule has 12 nitrogen and oxygen atoms in total. The average Bonchev–Trinajstić information content (AvgIpc) is 2.76. The van der Waals surface area contributed by atoms with Gasteiger partial charge in [-0.2, -0.15) is 0 Å². The number of aliphatic hydroxyl groups excluding tert-OH is 3. The van der Waals surface area contributed by atoms with E-state index in [0.717, 1.165) is 12.1 Å². The Labute approximate surface area is 176 Å². The minimum absolute atomic E-state index is 0.0227. The Balaban J connectivity index is 1.78. The summed E-state index contributed by atoms with van der Waals surface area (Å²) in [5.74, 6) is -1.73. The second-order valence-corrected chi connectivity index (χ2v) is 7.30. The lowest BCUT2D eigenvalue weighted by Crippen LogP contribution is -2.54. The Kier molecular flexibility index (Phi) is 4.43. The van der Waals surface area contributed by atoms with Crippen molar-refractivity contribution in [3.63, 3.8) is 0 Å². The highest BCUT2D eigenvalue weighted by Gasteiger charge is 2.39. The average molecular weight is 448 g/mol. The van der Waals surface area contributed by atoms with E-state index in [-0.39, 0.29) is 39.5 Å². The third kappa shape index (κ3) is 2.71. The van der Waals surface area contributed by atoms with E-state index in [1.807, 2.05) is 0 Å². The van der Waals surface area contributed by atoms with E-state index >= 15 is 0 Å². The van der Waals surface area contributed by atoms with Crippen LogP contribution in [0, 0.1) is 0 Å². The van der Waals surface area contributed by atoms with Gasteiger partial charge in [-0.25, -0.2) is 9.59 Å². The Morgan fingerprint density at radius 1 is 0.938 bits per heavy atom.